The molecule has 0 rings (SSSR count). The Balaban J connectivity index is 3.35. The molecule has 0 bridgehead atoms. The molecule has 0 fully saturated rings. The van der Waals surface area contributed by atoms with Gasteiger partial charge in [0.1, 0.15) is 12.0 Å². The smallest absolute Gasteiger partial charge is 0.318 e. The van der Waals surface area contributed by atoms with Crippen molar-refractivity contribution in [2.45, 2.75) is 13.3 Å². The van der Waals surface area contributed by atoms with Gasteiger partial charge in [0.2, 0.25) is 0 Å². The summed E-state index contributed by atoms with van der Waals surface area (Å²) in [7, 11) is 1.43. The van der Waals surface area contributed by atoms with Crippen LogP contribution < -0.4 is 0 Å². The van der Waals surface area contributed by atoms with E-state index in [1.807, 2.05) is 0 Å². The van der Waals surface area contributed by atoms with Gasteiger partial charge in [0, 0.05) is 6.42 Å². The number of hydrogen-bond donors (Lipinski definition) is 0. The van der Waals surface area contributed by atoms with E-state index in [1.165, 1.54) is 7.11 Å². The minimum Gasteiger partial charge on any atom is -0.480 e. The molecule has 0 saturated carbocycles. The van der Waals surface area contributed by atoms with Gasteiger partial charge in [0.15, 0.2) is 0 Å². The monoisotopic (exact) mass is 180 g/mol. The van der Waals surface area contributed by atoms with Crippen LogP contribution in [0.5, 0.6) is 0 Å². The summed E-state index contributed by atoms with van der Waals surface area (Å²) in [4.78, 5) is 10.5. The average Bonchev–Trinajstić information content (AvgIpc) is 1.99. The Morgan fingerprint density at radius 1 is 1.70 bits per heavy atom. The van der Waals surface area contributed by atoms with Crippen molar-refractivity contribution >= 4 is 34.6 Å². The molecule has 10 heavy (non-hydrogen) atoms. The van der Waals surface area contributed by atoms with Gasteiger partial charge < -0.3 is 8.92 Å². The van der Waals surface area contributed by atoms with Gasteiger partial charge in [-0.05, 0) is 12.2 Å². The van der Waals surface area contributed by atoms with Crippen LogP contribution in [0.25, 0.3) is 0 Å². The molecule has 0 radical (unpaired) electrons. The molecule has 0 atom stereocenters. The molecule has 0 N–H and O–H groups in total. The summed E-state index contributed by atoms with van der Waals surface area (Å²) in [6, 6.07) is 0. The maximum atomic E-state index is 10.5. The fourth-order valence-corrected chi connectivity index (χ4v) is 0.622. The Labute approximate surface area is 69.3 Å². The maximum absolute atomic E-state index is 10.5. The van der Waals surface area contributed by atoms with E-state index in [4.69, 9.17) is 0 Å². The number of carbonyl (C=O) groups is 1. The van der Waals surface area contributed by atoms with Crippen molar-refractivity contribution in [3.8, 4) is 0 Å². The lowest BCUT2D eigenvalue weighted by atomic mass is 10.5. The fraction of sp³-hybridized carbons (Fsp3) is 0.600. The van der Waals surface area contributed by atoms with Gasteiger partial charge in [-0.3, -0.25) is 4.79 Å². The van der Waals surface area contributed by atoms with E-state index >= 15 is 0 Å². The molecule has 0 aromatic heterocycles. The minimum absolute atomic E-state index is 0.210. The second kappa shape index (κ2) is 5.49. The molecular weight excluding hydrogens is 172 g/mol. The molecule has 0 aromatic carbocycles. The van der Waals surface area contributed by atoms with Crippen molar-refractivity contribution in [3.63, 3.8) is 0 Å². The Kier molecular flexibility index (Phi) is 5.33. The van der Waals surface area contributed by atoms with E-state index < -0.39 is 0 Å². The first kappa shape index (κ1) is 9.71. The molecule has 0 unspecified atom stereocenters. The zero-order valence-electron chi connectivity index (χ0n) is 5.75. The normalized spacial score (nSPS) is 8.60. The van der Waals surface area contributed by atoms with E-state index in [-0.39, 0.29) is 10.4 Å². The highest BCUT2D eigenvalue weighted by molar-refractivity contribution is 8.19. The summed E-state index contributed by atoms with van der Waals surface area (Å²) < 4.78 is 9.33. The summed E-state index contributed by atoms with van der Waals surface area (Å²) in [5.41, 5.74) is 0. The third-order valence-electron chi connectivity index (χ3n) is 0.658. The number of hydrogen-bond acceptors (Lipinski definition) is 5. The third kappa shape index (κ3) is 4.58. The van der Waals surface area contributed by atoms with Crippen molar-refractivity contribution < 1.29 is 13.7 Å². The van der Waals surface area contributed by atoms with E-state index in [0.717, 1.165) is 12.0 Å². The molecule has 3 nitrogen and oxygen atoms in total. The number of methoxy groups -OCH3 is 1. The van der Waals surface area contributed by atoms with Crippen LogP contribution in [-0.2, 0) is 13.7 Å². The van der Waals surface area contributed by atoms with Crippen molar-refractivity contribution in [2.24, 2.45) is 0 Å². The van der Waals surface area contributed by atoms with E-state index in [1.54, 1.807) is 6.92 Å². The quantitative estimate of drug-likeness (QED) is 0.451. The van der Waals surface area contributed by atoms with E-state index in [0.29, 0.717) is 6.42 Å². The van der Waals surface area contributed by atoms with Gasteiger partial charge in [0.05, 0.1) is 7.11 Å². The van der Waals surface area contributed by atoms with Crippen molar-refractivity contribution in [3.05, 3.63) is 0 Å². The third-order valence-corrected chi connectivity index (χ3v) is 1.60. The van der Waals surface area contributed by atoms with Crippen LogP contribution in [0.1, 0.15) is 13.3 Å². The minimum atomic E-state index is -0.301. The Hall–Kier alpha value is -0.290. The highest BCUT2D eigenvalue weighted by atomic mass is 32.2. The topological polar surface area (TPSA) is 35.5 Å². The Morgan fingerprint density at radius 3 is 2.70 bits per heavy atom. The maximum Gasteiger partial charge on any atom is 0.318 e. The van der Waals surface area contributed by atoms with E-state index in [9.17, 15) is 4.79 Å². The van der Waals surface area contributed by atoms with Gasteiger partial charge in [-0.1, -0.05) is 6.92 Å². The molecule has 0 aliphatic heterocycles. The predicted octanol–water partition coefficient (Wildman–Crippen LogP) is 1.52. The van der Waals surface area contributed by atoms with Crippen LogP contribution in [0.2, 0.25) is 0 Å². The molecular formula is C5H8O3S2. The van der Waals surface area contributed by atoms with Crippen LogP contribution >= 0.6 is 24.3 Å². The first-order valence-corrected chi connectivity index (χ1v) is 3.81. The van der Waals surface area contributed by atoms with Gasteiger partial charge >= 0.3 is 5.97 Å². The summed E-state index contributed by atoms with van der Waals surface area (Å²) in [5, 5.41) is 0. The summed E-state index contributed by atoms with van der Waals surface area (Å²) in [5.74, 6) is -0.301. The number of rotatable bonds is 1. The fourth-order valence-electron chi connectivity index (χ4n) is 0.173. The lowest BCUT2D eigenvalue weighted by Crippen LogP contribution is -1.99. The van der Waals surface area contributed by atoms with Gasteiger partial charge in [-0.2, -0.15) is 0 Å². The van der Waals surface area contributed by atoms with Crippen LogP contribution in [0.4, 0.5) is 0 Å². The van der Waals surface area contributed by atoms with Gasteiger partial charge in [-0.15, -0.1) is 0 Å². The number of ether oxygens (including phenoxy) is 1. The lowest BCUT2D eigenvalue weighted by Gasteiger charge is -1.99. The highest BCUT2D eigenvalue weighted by Crippen LogP contribution is 2.07. The second-order valence-electron chi connectivity index (χ2n) is 1.35. The molecule has 0 saturated heterocycles. The molecule has 0 spiro atoms. The molecule has 0 aliphatic rings. The summed E-state index contributed by atoms with van der Waals surface area (Å²) in [6.07, 6.45) is 0.347. The Morgan fingerprint density at radius 2 is 2.30 bits per heavy atom. The largest absolute Gasteiger partial charge is 0.480 e. The van der Waals surface area contributed by atoms with Crippen molar-refractivity contribution in [1.82, 2.24) is 0 Å². The first-order chi connectivity index (χ1) is 4.70. The van der Waals surface area contributed by atoms with Gasteiger partial charge in [0.25, 0.3) is 4.38 Å². The molecule has 0 amide bonds. The average molecular weight is 180 g/mol. The molecule has 0 heterocycles. The molecule has 5 heteroatoms. The SMILES string of the molecule is CCC(=O)OSC(=S)OC. The Bertz CT molecular complexity index is 119. The van der Waals surface area contributed by atoms with E-state index in [2.05, 4.69) is 21.1 Å². The second-order valence-corrected chi connectivity index (χ2v) is 2.68. The summed E-state index contributed by atoms with van der Waals surface area (Å²) >= 11 is 5.35. The number of thiocarbonyl (C=S) groups is 1. The number of carbonyl (C=O) groups excluding carboxylic acids is 1. The van der Waals surface area contributed by atoms with Crippen LogP contribution in [-0.4, -0.2) is 17.5 Å². The zero-order valence-corrected chi connectivity index (χ0v) is 7.38. The molecule has 0 aromatic rings. The standard InChI is InChI=1S/C5H8O3S2/c1-3-4(6)8-10-5(9)7-2/h3H2,1-2H3. The van der Waals surface area contributed by atoms with Crippen molar-refractivity contribution in [1.29, 1.82) is 0 Å². The molecule has 0 aliphatic carbocycles. The van der Waals surface area contributed by atoms with Crippen LogP contribution in [0, 0.1) is 0 Å². The summed E-state index contributed by atoms with van der Waals surface area (Å²) in [6.45, 7) is 1.71. The zero-order chi connectivity index (χ0) is 7.98. The van der Waals surface area contributed by atoms with Crippen LogP contribution in [0.3, 0.4) is 0 Å². The first-order valence-electron chi connectivity index (χ1n) is 2.66. The lowest BCUT2D eigenvalue weighted by molar-refractivity contribution is -0.132. The predicted molar refractivity (Wildman–Crippen MR) is 43.6 cm³/mol. The highest BCUT2D eigenvalue weighted by Gasteiger charge is 2.02. The molecule has 58 valence electrons. The van der Waals surface area contributed by atoms with Crippen molar-refractivity contribution in [2.75, 3.05) is 7.11 Å². The van der Waals surface area contributed by atoms with Gasteiger partial charge in [-0.25, -0.2) is 0 Å². The van der Waals surface area contributed by atoms with Crippen LogP contribution in [0.15, 0.2) is 0 Å².